The number of methoxy groups -OCH3 is 3. The van der Waals surface area contributed by atoms with Gasteiger partial charge in [-0.05, 0) is 29.8 Å². The summed E-state index contributed by atoms with van der Waals surface area (Å²) in [5, 5.41) is 3.99. The van der Waals surface area contributed by atoms with E-state index in [1.165, 1.54) is 21.3 Å². The van der Waals surface area contributed by atoms with Gasteiger partial charge in [-0.1, -0.05) is 12.1 Å². The molecule has 0 saturated heterocycles. The summed E-state index contributed by atoms with van der Waals surface area (Å²) in [6.45, 7) is 0. The maximum Gasteiger partial charge on any atom is 0.271 e. The molecule has 0 heterocycles. The molecular weight excluding hydrogens is 334 g/mol. The molecule has 0 aliphatic heterocycles. The van der Waals surface area contributed by atoms with Crippen LogP contribution in [0.2, 0.25) is 0 Å². The number of nitrogens with one attached hydrogen (secondary N) is 1. The molecule has 7 nitrogen and oxygen atoms in total. The number of hydrazone groups is 1. The molecule has 138 valence electrons. The lowest BCUT2D eigenvalue weighted by Gasteiger charge is -2.13. The number of hydrogen-bond acceptors (Lipinski definition) is 6. The van der Waals surface area contributed by atoms with E-state index in [4.69, 9.17) is 14.2 Å². The highest BCUT2D eigenvalue weighted by Gasteiger charge is 2.16. The van der Waals surface area contributed by atoms with Crippen LogP contribution in [-0.2, 0) is 0 Å². The van der Waals surface area contributed by atoms with Crippen LogP contribution in [0.4, 0.5) is 5.69 Å². The zero-order chi connectivity index (χ0) is 19.1. The molecule has 0 bridgehead atoms. The van der Waals surface area contributed by atoms with E-state index in [1.807, 2.05) is 43.3 Å². The van der Waals surface area contributed by atoms with Crippen molar-refractivity contribution < 1.29 is 19.0 Å². The average Bonchev–Trinajstić information content (AvgIpc) is 2.66. The third kappa shape index (κ3) is 4.44. The van der Waals surface area contributed by atoms with Crippen LogP contribution in [0, 0.1) is 0 Å². The maximum atomic E-state index is 12.3. The summed E-state index contributed by atoms with van der Waals surface area (Å²) < 4.78 is 15.7. The summed E-state index contributed by atoms with van der Waals surface area (Å²) in [7, 11) is 8.44. The van der Waals surface area contributed by atoms with Gasteiger partial charge in [0.15, 0.2) is 11.5 Å². The zero-order valence-electron chi connectivity index (χ0n) is 15.6. The van der Waals surface area contributed by atoms with Crippen molar-refractivity contribution in [1.29, 1.82) is 0 Å². The first-order valence-corrected chi connectivity index (χ1v) is 7.91. The molecular formula is C19H23N3O4. The Kier molecular flexibility index (Phi) is 6.43. The Hall–Kier alpha value is -3.22. The van der Waals surface area contributed by atoms with Crippen molar-refractivity contribution in [2.75, 3.05) is 40.3 Å². The summed E-state index contributed by atoms with van der Waals surface area (Å²) in [6.07, 6.45) is 1.58. The number of benzene rings is 2. The Morgan fingerprint density at radius 1 is 1.00 bits per heavy atom. The van der Waals surface area contributed by atoms with Crippen LogP contribution < -0.4 is 24.5 Å². The fourth-order valence-corrected chi connectivity index (χ4v) is 2.30. The Bertz CT molecular complexity index is 761. The minimum Gasteiger partial charge on any atom is -0.493 e. The number of carbonyl (C=O) groups is 1. The molecule has 0 spiro atoms. The number of rotatable bonds is 7. The molecule has 0 aromatic heterocycles. The third-order valence-corrected chi connectivity index (χ3v) is 3.72. The Balaban J connectivity index is 2.12. The fourth-order valence-electron chi connectivity index (χ4n) is 2.30. The summed E-state index contributed by atoms with van der Waals surface area (Å²) in [6, 6.07) is 10.9. The van der Waals surface area contributed by atoms with E-state index in [1.54, 1.807) is 18.3 Å². The van der Waals surface area contributed by atoms with Crippen molar-refractivity contribution in [3.8, 4) is 17.2 Å². The van der Waals surface area contributed by atoms with E-state index < -0.39 is 0 Å². The molecule has 7 heteroatoms. The van der Waals surface area contributed by atoms with E-state index in [0.29, 0.717) is 22.8 Å². The van der Waals surface area contributed by atoms with E-state index >= 15 is 0 Å². The van der Waals surface area contributed by atoms with E-state index in [2.05, 4.69) is 10.5 Å². The normalized spacial score (nSPS) is 10.5. The highest BCUT2D eigenvalue weighted by atomic mass is 16.5. The van der Waals surface area contributed by atoms with E-state index in [9.17, 15) is 4.79 Å². The van der Waals surface area contributed by atoms with E-state index in [-0.39, 0.29) is 5.91 Å². The number of ether oxygens (including phenoxy) is 3. The highest BCUT2D eigenvalue weighted by molar-refractivity contribution is 5.96. The average molecular weight is 357 g/mol. The van der Waals surface area contributed by atoms with Gasteiger partial charge in [-0.25, -0.2) is 5.43 Å². The van der Waals surface area contributed by atoms with Gasteiger partial charge in [0.1, 0.15) is 0 Å². The van der Waals surface area contributed by atoms with Gasteiger partial charge in [-0.3, -0.25) is 4.79 Å². The second kappa shape index (κ2) is 8.75. The molecule has 0 saturated carbocycles. The highest BCUT2D eigenvalue weighted by Crippen LogP contribution is 2.38. The summed E-state index contributed by atoms with van der Waals surface area (Å²) in [5.41, 5.74) is 4.80. The third-order valence-electron chi connectivity index (χ3n) is 3.72. The van der Waals surface area contributed by atoms with Crippen molar-refractivity contribution in [2.24, 2.45) is 5.10 Å². The van der Waals surface area contributed by atoms with Crippen molar-refractivity contribution in [2.45, 2.75) is 0 Å². The predicted molar refractivity (Wildman–Crippen MR) is 102 cm³/mol. The number of amides is 1. The molecule has 2 aromatic rings. The molecule has 0 unspecified atom stereocenters. The van der Waals surface area contributed by atoms with Gasteiger partial charge in [-0.2, -0.15) is 5.10 Å². The zero-order valence-corrected chi connectivity index (χ0v) is 15.6. The molecule has 2 rings (SSSR count). The molecule has 0 aliphatic carbocycles. The van der Waals surface area contributed by atoms with Gasteiger partial charge in [0.25, 0.3) is 5.91 Å². The molecule has 1 amide bonds. The lowest BCUT2D eigenvalue weighted by Crippen LogP contribution is -2.18. The largest absolute Gasteiger partial charge is 0.493 e. The molecule has 0 atom stereocenters. The molecule has 26 heavy (non-hydrogen) atoms. The summed E-state index contributed by atoms with van der Waals surface area (Å²) in [5.74, 6) is 0.849. The maximum absolute atomic E-state index is 12.3. The van der Waals surface area contributed by atoms with Gasteiger partial charge >= 0.3 is 0 Å². The first kappa shape index (κ1) is 19.1. The SMILES string of the molecule is COc1cc(C(=O)N/N=C/c2ccc(N(C)C)cc2)cc(OC)c1OC. The standard InChI is InChI=1S/C19H23N3O4/c1-22(2)15-8-6-13(7-9-15)12-20-21-19(23)14-10-16(24-3)18(26-5)17(11-14)25-4/h6-12H,1-5H3,(H,21,23)/b20-12+. The van der Waals surface area contributed by atoms with Crippen LogP contribution >= 0.6 is 0 Å². The van der Waals surface area contributed by atoms with Crippen molar-refractivity contribution in [3.05, 3.63) is 47.5 Å². The topological polar surface area (TPSA) is 72.4 Å². The smallest absolute Gasteiger partial charge is 0.271 e. The van der Waals surface area contributed by atoms with Crippen LogP contribution in [0.15, 0.2) is 41.5 Å². The second-order valence-corrected chi connectivity index (χ2v) is 5.60. The molecule has 2 aromatic carbocycles. The lowest BCUT2D eigenvalue weighted by atomic mass is 10.1. The lowest BCUT2D eigenvalue weighted by molar-refractivity contribution is 0.0954. The minimum atomic E-state index is -0.384. The minimum absolute atomic E-state index is 0.347. The molecule has 0 fully saturated rings. The van der Waals surface area contributed by atoms with Crippen molar-refractivity contribution in [3.63, 3.8) is 0 Å². The number of carbonyl (C=O) groups excluding carboxylic acids is 1. The summed E-state index contributed by atoms with van der Waals surface area (Å²) in [4.78, 5) is 14.3. The number of anilines is 1. The van der Waals surface area contributed by atoms with Crippen molar-refractivity contribution >= 4 is 17.8 Å². The number of hydrogen-bond donors (Lipinski definition) is 1. The first-order valence-electron chi connectivity index (χ1n) is 7.91. The van der Waals surface area contributed by atoms with Gasteiger partial charge in [0.2, 0.25) is 5.75 Å². The summed E-state index contributed by atoms with van der Waals surface area (Å²) >= 11 is 0. The van der Waals surface area contributed by atoms with Gasteiger partial charge in [0, 0.05) is 25.3 Å². The Morgan fingerprint density at radius 2 is 1.58 bits per heavy atom. The van der Waals surface area contributed by atoms with Gasteiger partial charge < -0.3 is 19.1 Å². The quantitative estimate of drug-likeness (QED) is 0.609. The van der Waals surface area contributed by atoms with Crippen LogP contribution in [-0.4, -0.2) is 47.5 Å². The van der Waals surface area contributed by atoms with Crippen LogP contribution in [0.25, 0.3) is 0 Å². The number of nitrogens with zero attached hydrogens (tertiary/aromatic N) is 2. The monoisotopic (exact) mass is 357 g/mol. The van der Waals surface area contributed by atoms with E-state index in [0.717, 1.165) is 11.3 Å². The van der Waals surface area contributed by atoms with Gasteiger partial charge in [0.05, 0.1) is 27.5 Å². The second-order valence-electron chi connectivity index (χ2n) is 5.60. The molecule has 0 aliphatic rings. The van der Waals surface area contributed by atoms with Gasteiger partial charge in [-0.15, -0.1) is 0 Å². The van der Waals surface area contributed by atoms with Crippen molar-refractivity contribution in [1.82, 2.24) is 5.43 Å². The molecule has 0 radical (unpaired) electrons. The van der Waals surface area contributed by atoms with Crippen LogP contribution in [0.5, 0.6) is 17.2 Å². The Morgan fingerprint density at radius 3 is 2.04 bits per heavy atom. The fraction of sp³-hybridized carbons (Fsp3) is 0.263. The van der Waals surface area contributed by atoms with Crippen LogP contribution in [0.1, 0.15) is 15.9 Å². The Labute approximate surface area is 153 Å². The predicted octanol–water partition coefficient (Wildman–Crippen LogP) is 2.54. The first-order chi connectivity index (χ1) is 12.5. The van der Waals surface area contributed by atoms with Crippen LogP contribution in [0.3, 0.4) is 0 Å². The molecule has 1 N–H and O–H groups in total.